The van der Waals surface area contributed by atoms with Gasteiger partial charge in [0.15, 0.2) is 0 Å². The van der Waals surface area contributed by atoms with E-state index in [0.29, 0.717) is 19.4 Å². The van der Waals surface area contributed by atoms with Crippen molar-refractivity contribution in [2.45, 2.75) is 76.4 Å². The number of aryl methyl sites for hydroxylation is 2. The van der Waals surface area contributed by atoms with Gasteiger partial charge in [-0.3, -0.25) is 19.6 Å². The molecule has 4 rings (SSSR count). The van der Waals surface area contributed by atoms with E-state index in [1.807, 2.05) is 67.3 Å². The smallest absolute Gasteiger partial charge is 0.249 e. The molecule has 0 radical (unpaired) electrons. The van der Waals surface area contributed by atoms with Crippen LogP contribution in [-0.2, 0) is 29.0 Å². The molecule has 3 aromatic rings. The molecule has 1 saturated carbocycles. The summed E-state index contributed by atoms with van der Waals surface area (Å²) in [4.78, 5) is 39.3. The van der Waals surface area contributed by atoms with Crippen LogP contribution in [0.2, 0.25) is 0 Å². The molecular formula is C31H38N4O2. The molecule has 1 fully saturated rings. The molecule has 2 heterocycles. The number of rotatable bonds is 11. The topological polar surface area (TPSA) is 66.4 Å². The van der Waals surface area contributed by atoms with E-state index < -0.39 is 5.54 Å². The minimum Gasteiger partial charge on any atom is -0.333 e. The van der Waals surface area contributed by atoms with E-state index in [1.54, 1.807) is 18.9 Å². The fraction of sp³-hybridized carbons (Fsp3) is 0.419. The minimum absolute atomic E-state index is 0.0202. The SMILES string of the molecule is CC(=O)N(C)C1(C(=O)N(Cc2ccccc2)C(CCc2ccncc2)CCc2ccncc2)CCCC1. The predicted octanol–water partition coefficient (Wildman–Crippen LogP) is 5.23. The molecule has 2 aromatic heterocycles. The van der Waals surface area contributed by atoms with Crippen molar-refractivity contribution in [2.75, 3.05) is 7.05 Å². The Morgan fingerprint density at radius 3 is 1.81 bits per heavy atom. The Labute approximate surface area is 220 Å². The van der Waals surface area contributed by atoms with Crippen LogP contribution in [0.15, 0.2) is 79.4 Å². The first-order chi connectivity index (χ1) is 18.0. The number of likely N-dealkylation sites (N-methyl/N-ethyl adjacent to an activating group) is 1. The summed E-state index contributed by atoms with van der Waals surface area (Å²) in [5, 5.41) is 0. The molecule has 1 aliphatic rings. The highest BCUT2D eigenvalue weighted by molar-refractivity contribution is 5.91. The van der Waals surface area contributed by atoms with Crippen molar-refractivity contribution in [3.05, 3.63) is 96.1 Å². The van der Waals surface area contributed by atoms with Crippen molar-refractivity contribution in [1.82, 2.24) is 19.8 Å². The molecule has 6 heteroatoms. The molecular weight excluding hydrogens is 460 g/mol. The molecule has 0 bridgehead atoms. The number of carbonyl (C=O) groups excluding carboxylic acids is 2. The van der Waals surface area contributed by atoms with Crippen LogP contribution in [0.3, 0.4) is 0 Å². The Kier molecular flexibility index (Phi) is 9.04. The van der Waals surface area contributed by atoms with Crippen LogP contribution in [0.25, 0.3) is 0 Å². The van der Waals surface area contributed by atoms with Gasteiger partial charge in [0.2, 0.25) is 11.8 Å². The van der Waals surface area contributed by atoms with Gasteiger partial charge in [-0.15, -0.1) is 0 Å². The summed E-state index contributed by atoms with van der Waals surface area (Å²) >= 11 is 0. The van der Waals surface area contributed by atoms with Gasteiger partial charge in [-0.25, -0.2) is 0 Å². The molecule has 0 saturated heterocycles. The fourth-order valence-electron chi connectivity index (χ4n) is 5.59. The Balaban J connectivity index is 1.68. The first kappa shape index (κ1) is 26.5. The van der Waals surface area contributed by atoms with Gasteiger partial charge in [0.05, 0.1) is 0 Å². The second kappa shape index (κ2) is 12.6. The van der Waals surface area contributed by atoms with Gasteiger partial charge in [0.1, 0.15) is 5.54 Å². The Morgan fingerprint density at radius 2 is 1.32 bits per heavy atom. The maximum atomic E-state index is 14.6. The zero-order chi connectivity index (χ0) is 26.1. The van der Waals surface area contributed by atoms with Gasteiger partial charge in [-0.05, 0) is 79.5 Å². The van der Waals surface area contributed by atoms with Gasteiger partial charge >= 0.3 is 0 Å². The zero-order valence-corrected chi connectivity index (χ0v) is 22.1. The van der Waals surface area contributed by atoms with Crippen molar-refractivity contribution in [1.29, 1.82) is 0 Å². The molecule has 0 spiro atoms. The number of hydrogen-bond acceptors (Lipinski definition) is 4. The monoisotopic (exact) mass is 498 g/mol. The number of amides is 2. The van der Waals surface area contributed by atoms with Crippen molar-refractivity contribution in [3.8, 4) is 0 Å². The molecule has 0 N–H and O–H groups in total. The lowest BCUT2D eigenvalue weighted by Crippen LogP contribution is -2.60. The van der Waals surface area contributed by atoms with Crippen molar-refractivity contribution in [3.63, 3.8) is 0 Å². The first-order valence-electron chi connectivity index (χ1n) is 13.4. The van der Waals surface area contributed by atoms with Crippen LogP contribution in [0.4, 0.5) is 0 Å². The van der Waals surface area contributed by atoms with E-state index >= 15 is 0 Å². The largest absolute Gasteiger partial charge is 0.333 e. The zero-order valence-electron chi connectivity index (χ0n) is 22.1. The third-order valence-corrected chi connectivity index (χ3v) is 7.87. The molecule has 37 heavy (non-hydrogen) atoms. The van der Waals surface area contributed by atoms with E-state index in [4.69, 9.17) is 0 Å². The van der Waals surface area contributed by atoms with Gasteiger partial charge in [-0.1, -0.05) is 43.2 Å². The van der Waals surface area contributed by atoms with Crippen LogP contribution in [0, 0.1) is 0 Å². The van der Waals surface area contributed by atoms with Crippen LogP contribution in [0.5, 0.6) is 0 Å². The summed E-state index contributed by atoms with van der Waals surface area (Å²) in [6.07, 6.45) is 14.0. The Bertz CT molecular complexity index is 1090. The first-order valence-corrected chi connectivity index (χ1v) is 13.4. The Morgan fingerprint density at radius 1 is 0.811 bits per heavy atom. The van der Waals surface area contributed by atoms with Crippen molar-refractivity contribution >= 4 is 11.8 Å². The summed E-state index contributed by atoms with van der Waals surface area (Å²) in [6.45, 7) is 2.10. The summed E-state index contributed by atoms with van der Waals surface area (Å²) in [7, 11) is 1.80. The average molecular weight is 499 g/mol. The molecule has 194 valence electrons. The van der Waals surface area contributed by atoms with E-state index in [2.05, 4.69) is 27.0 Å². The molecule has 0 aliphatic heterocycles. The second-order valence-electron chi connectivity index (χ2n) is 10.2. The normalized spacial score (nSPS) is 14.5. The average Bonchev–Trinajstić information content (AvgIpc) is 3.44. The van der Waals surface area contributed by atoms with Crippen molar-refractivity contribution in [2.24, 2.45) is 0 Å². The predicted molar refractivity (Wildman–Crippen MR) is 146 cm³/mol. The third-order valence-electron chi connectivity index (χ3n) is 7.87. The van der Waals surface area contributed by atoms with E-state index in [-0.39, 0.29) is 17.9 Å². The summed E-state index contributed by atoms with van der Waals surface area (Å²) < 4.78 is 0. The van der Waals surface area contributed by atoms with Gasteiger partial charge < -0.3 is 9.80 Å². The highest BCUT2D eigenvalue weighted by Gasteiger charge is 2.49. The number of hydrogen-bond donors (Lipinski definition) is 0. The van der Waals surface area contributed by atoms with E-state index in [1.165, 1.54) is 11.1 Å². The minimum atomic E-state index is -0.772. The number of carbonyl (C=O) groups is 2. The summed E-state index contributed by atoms with van der Waals surface area (Å²) in [6, 6.07) is 18.4. The lowest BCUT2D eigenvalue weighted by molar-refractivity contribution is -0.154. The standard InChI is InChI=1S/C31H38N4O2/c1-25(36)34(2)31(18-6-7-19-31)30(37)35(24-28-8-4-3-5-9-28)29(12-10-26-14-20-32-21-15-26)13-11-27-16-22-33-23-17-27/h3-5,8-9,14-17,20-23,29H,6-7,10-13,18-19,24H2,1-2H3. The maximum absolute atomic E-state index is 14.6. The second-order valence-corrected chi connectivity index (χ2v) is 10.2. The molecule has 0 unspecified atom stereocenters. The number of benzene rings is 1. The van der Waals surface area contributed by atoms with Crippen LogP contribution in [-0.4, -0.2) is 50.2 Å². The van der Waals surface area contributed by atoms with E-state index in [0.717, 1.165) is 44.1 Å². The fourth-order valence-corrected chi connectivity index (χ4v) is 5.59. The summed E-state index contributed by atoms with van der Waals surface area (Å²) in [5.41, 5.74) is 2.76. The molecule has 0 atom stereocenters. The third kappa shape index (κ3) is 6.62. The van der Waals surface area contributed by atoms with Crippen molar-refractivity contribution < 1.29 is 9.59 Å². The molecule has 6 nitrogen and oxygen atoms in total. The summed E-state index contributed by atoms with van der Waals surface area (Å²) in [5.74, 6) is 0.0287. The van der Waals surface area contributed by atoms with Gasteiger partial charge in [0.25, 0.3) is 0 Å². The van der Waals surface area contributed by atoms with Crippen LogP contribution >= 0.6 is 0 Å². The highest BCUT2D eigenvalue weighted by atomic mass is 16.2. The number of aromatic nitrogens is 2. The lowest BCUT2D eigenvalue weighted by atomic mass is 9.90. The van der Waals surface area contributed by atoms with E-state index in [9.17, 15) is 9.59 Å². The maximum Gasteiger partial charge on any atom is 0.249 e. The van der Waals surface area contributed by atoms with Gasteiger partial charge in [-0.2, -0.15) is 0 Å². The molecule has 2 amide bonds. The number of pyridine rings is 2. The van der Waals surface area contributed by atoms with Gasteiger partial charge in [0, 0.05) is 51.3 Å². The quantitative estimate of drug-likeness (QED) is 0.363. The number of nitrogens with zero attached hydrogens (tertiary/aromatic N) is 4. The molecule has 1 aliphatic carbocycles. The van der Waals surface area contributed by atoms with Crippen LogP contribution < -0.4 is 0 Å². The lowest BCUT2D eigenvalue weighted by Gasteiger charge is -2.43. The molecule has 1 aromatic carbocycles. The highest BCUT2D eigenvalue weighted by Crippen LogP contribution is 2.38. The van der Waals surface area contributed by atoms with Crippen LogP contribution in [0.1, 0.15) is 62.1 Å². The Hall–Kier alpha value is -3.54.